The number of aromatic hydroxyl groups is 1. The molecule has 4 aromatic rings. The smallest absolute Gasteiger partial charge is 0.355 e. The Morgan fingerprint density at radius 2 is 1.93 bits per heavy atom. The number of fused-ring (bicyclic) bond motifs is 2. The Labute approximate surface area is 260 Å². The molecule has 2 aliphatic rings. The van der Waals surface area contributed by atoms with E-state index in [9.17, 15) is 23.9 Å². The molecule has 0 aliphatic carbocycles. The molecule has 0 saturated carbocycles. The van der Waals surface area contributed by atoms with Gasteiger partial charge in [-0.3, -0.25) is 14.6 Å². The van der Waals surface area contributed by atoms with Crippen molar-refractivity contribution in [1.82, 2.24) is 24.4 Å². The lowest BCUT2D eigenvalue weighted by molar-refractivity contribution is -0.128. The van der Waals surface area contributed by atoms with Crippen molar-refractivity contribution in [2.45, 2.75) is 45.7 Å². The molecular formula is C31H28ClF2N7O4. The van der Waals surface area contributed by atoms with E-state index in [0.29, 0.717) is 16.9 Å². The molecule has 2 atom stereocenters. The van der Waals surface area contributed by atoms with Crippen LogP contribution in [0, 0.1) is 18.6 Å². The van der Waals surface area contributed by atoms with E-state index in [4.69, 9.17) is 11.6 Å². The van der Waals surface area contributed by atoms with Gasteiger partial charge in [-0.2, -0.15) is 4.98 Å². The molecule has 11 nitrogen and oxygen atoms in total. The zero-order valence-electron chi connectivity index (χ0n) is 24.7. The van der Waals surface area contributed by atoms with Crippen LogP contribution in [-0.2, 0) is 9.59 Å². The zero-order valence-corrected chi connectivity index (χ0v) is 25.5. The van der Waals surface area contributed by atoms with Crippen molar-refractivity contribution in [3.8, 4) is 22.7 Å². The summed E-state index contributed by atoms with van der Waals surface area (Å²) in [7, 11) is 0. The van der Waals surface area contributed by atoms with Gasteiger partial charge in [-0.05, 0) is 49.6 Å². The van der Waals surface area contributed by atoms with Crippen LogP contribution >= 0.6 is 11.6 Å². The minimum atomic E-state index is -1.43. The fourth-order valence-electron chi connectivity index (χ4n) is 6.10. The maximum atomic E-state index is 15.3. The second-order valence-electron chi connectivity index (χ2n) is 11.4. The number of phenolic OH excluding ortho intramolecular Hbond substituents is 1. The van der Waals surface area contributed by atoms with Crippen LogP contribution in [0.1, 0.15) is 37.9 Å². The predicted molar refractivity (Wildman–Crippen MR) is 165 cm³/mol. The van der Waals surface area contributed by atoms with Crippen LogP contribution in [0.4, 0.5) is 20.3 Å². The number of halogens is 3. The SMILES string of the molecule is C=CC(=O)N1CC(C)N2c3nc(=O)n(-c4c(C)ccnc4C(C)C)c4nc(-c5c(O)ccc(F)c5F)c(Cl)c(c34)NC(=O)C2C1. The average Bonchev–Trinajstić information content (AvgIpc) is 3.12. The van der Waals surface area contributed by atoms with Gasteiger partial charge in [0.05, 0.1) is 39.6 Å². The van der Waals surface area contributed by atoms with Crippen molar-refractivity contribution in [3.05, 3.63) is 75.4 Å². The van der Waals surface area contributed by atoms with Crippen molar-refractivity contribution >= 4 is 46.0 Å². The van der Waals surface area contributed by atoms with Gasteiger partial charge < -0.3 is 20.2 Å². The molecule has 1 fully saturated rings. The average molecular weight is 636 g/mol. The van der Waals surface area contributed by atoms with E-state index < -0.39 is 52.3 Å². The first kappa shape index (κ1) is 30.1. The van der Waals surface area contributed by atoms with Gasteiger partial charge >= 0.3 is 5.69 Å². The summed E-state index contributed by atoms with van der Waals surface area (Å²) in [6.45, 7) is 11.0. The quantitative estimate of drug-likeness (QED) is 0.314. The third kappa shape index (κ3) is 4.60. The maximum Gasteiger partial charge on any atom is 0.355 e. The topological polar surface area (TPSA) is 134 Å². The van der Waals surface area contributed by atoms with Crippen LogP contribution in [0.25, 0.3) is 28.0 Å². The van der Waals surface area contributed by atoms with Crippen molar-refractivity contribution in [2.24, 2.45) is 0 Å². The van der Waals surface area contributed by atoms with E-state index in [1.54, 1.807) is 31.0 Å². The van der Waals surface area contributed by atoms with Crippen LogP contribution in [0.15, 0.2) is 41.8 Å². The highest BCUT2D eigenvalue weighted by Gasteiger charge is 2.43. The molecule has 2 N–H and O–H groups in total. The molecule has 1 saturated heterocycles. The molecule has 14 heteroatoms. The molecule has 2 amide bonds. The molecule has 0 bridgehead atoms. The predicted octanol–water partition coefficient (Wildman–Crippen LogP) is 4.46. The summed E-state index contributed by atoms with van der Waals surface area (Å²) in [4.78, 5) is 57.3. The van der Waals surface area contributed by atoms with E-state index in [1.165, 1.54) is 9.47 Å². The number of nitrogens with one attached hydrogen (secondary N) is 1. The van der Waals surface area contributed by atoms with Gasteiger partial charge in [0.25, 0.3) is 0 Å². The second-order valence-corrected chi connectivity index (χ2v) is 11.8. The molecule has 0 radical (unpaired) electrons. The second kappa shape index (κ2) is 10.9. The summed E-state index contributed by atoms with van der Waals surface area (Å²) < 4.78 is 31.0. The van der Waals surface area contributed by atoms with Crippen molar-refractivity contribution in [3.63, 3.8) is 0 Å². The van der Waals surface area contributed by atoms with Crippen molar-refractivity contribution in [1.29, 1.82) is 0 Å². The van der Waals surface area contributed by atoms with Gasteiger partial charge in [-0.15, -0.1) is 0 Å². The van der Waals surface area contributed by atoms with Crippen molar-refractivity contribution in [2.75, 3.05) is 23.3 Å². The first-order valence-electron chi connectivity index (χ1n) is 14.2. The number of nitrogens with zero attached hydrogens (tertiary/aromatic N) is 6. The number of carbonyl (C=O) groups excluding carboxylic acids is 2. The third-order valence-electron chi connectivity index (χ3n) is 8.15. The molecular weight excluding hydrogens is 608 g/mol. The molecule has 3 aromatic heterocycles. The van der Waals surface area contributed by atoms with Gasteiger partial charge in [0, 0.05) is 18.8 Å². The molecule has 0 spiro atoms. The number of piperazine rings is 1. The fraction of sp³-hybridized carbons (Fsp3) is 0.290. The maximum absolute atomic E-state index is 15.3. The Balaban J connectivity index is 1.77. The number of hydrogen-bond donors (Lipinski definition) is 2. The van der Waals surface area contributed by atoms with Gasteiger partial charge in [-0.1, -0.05) is 32.0 Å². The lowest BCUT2D eigenvalue weighted by atomic mass is 10.0. The van der Waals surface area contributed by atoms with E-state index >= 15 is 4.39 Å². The number of benzene rings is 1. The summed E-state index contributed by atoms with van der Waals surface area (Å²) in [6, 6.07) is 1.89. The first-order chi connectivity index (χ1) is 21.3. The van der Waals surface area contributed by atoms with Gasteiger partial charge in [-0.25, -0.2) is 23.1 Å². The Kier molecular flexibility index (Phi) is 7.31. The number of hydrogen-bond acceptors (Lipinski definition) is 8. The summed E-state index contributed by atoms with van der Waals surface area (Å²) >= 11 is 6.85. The monoisotopic (exact) mass is 635 g/mol. The fourth-order valence-corrected chi connectivity index (χ4v) is 6.38. The Morgan fingerprint density at radius 3 is 2.62 bits per heavy atom. The lowest BCUT2D eigenvalue weighted by Gasteiger charge is -2.44. The molecule has 232 valence electrons. The van der Waals surface area contributed by atoms with Crippen LogP contribution in [0.5, 0.6) is 5.75 Å². The van der Waals surface area contributed by atoms with Gasteiger partial charge in [0.15, 0.2) is 17.3 Å². The first-order valence-corrected chi connectivity index (χ1v) is 14.5. The molecule has 45 heavy (non-hydrogen) atoms. The van der Waals surface area contributed by atoms with E-state index in [1.807, 2.05) is 13.8 Å². The van der Waals surface area contributed by atoms with Crippen LogP contribution in [0.2, 0.25) is 5.02 Å². The minimum absolute atomic E-state index is 0.0578. The largest absolute Gasteiger partial charge is 0.507 e. The highest BCUT2D eigenvalue weighted by atomic mass is 35.5. The minimum Gasteiger partial charge on any atom is -0.507 e. The Bertz CT molecular complexity index is 2010. The van der Waals surface area contributed by atoms with E-state index in [2.05, 4.69) is 26.8 Å². The van der Waals surface area contributed by atoms with Crippen LogP contribution in [-0.4, -0.2) is 66.5 Å². The third-order valence-corrected chi connectivity index (χ3v) is 8.52. The van der Waals surface area contributed by atoms with Crippen LogP contribution < -0.4 is 15.9 Å². The molecule has 6 rings (SSSR count). The number of phenols is 1. The number of carbonyl (C=O) groups is 2. The van der Waals surface area contributed by atoms with Gasteiger partial charge in [0.2, 0.25) is 11.8 Å². The van der Waals surface area contributed by atoms with E-state index in [0.717, 1.165) is 18.2 Å². The normalized spacial score (nSPS) is 17.7. The van der Waals surface area contributed by atoms with Crippen molar-refractivity contribution < 1.29 is 23.5 Å². The number of rotatable bonds is 4. The lowest BCUT2D eigenvalue weighted by Crippen LogP contribution is -2.62. The number of aromatic nitrogens is 4. The molecule has 1 aromatic carbocycles. The van der Waals surface area contributed by atoms with Gasteiger partial charge in [0.1, 0.15) is 23.3 Å². The van der Waals surface area contributed by atoms with Crippen LogP contribution in [0.3, 0.4) is 0 Å². The standard InChI is InChI=1S/C31H28ClF2N7O4/c1-6-19(43)39-11-15(5)40-17(12-39)30(44)37-26-21-28(36-25(22(26)32)20-18(42)8-7-16(33)23(20)34)41(31(45)38-29(21)40)27-14(4)9-10-35-24(27)13(2)3/h6-10,13,15,17,42H,1,11-12H2,2-5H3,(H,37,44). The summed E-state index contributed by atoms with van der Waals surface area (Å²) in [5.41, 5.74) is -0.458. The molecule has 2 aliphatic heterocycles. The number of pyridine rings is 2. The number of amides is 2. The molecule has 5 heterocycles. The number of anilines is 2. The zero-order chi connectivity index (χ0) is 32.5. The Hall–Kier alpha value is -4.91. The number of aryl methyl sites for hydroxylation is 1. The summed E-state index contributed by atoms with van der Waals surface area (Å²) in [5.74, 6) is -4.42. The molecule has 2 unspecified atom stereocenters. The summed E-state index contributed by atoms with van der Waals surface area (Å²) in [6.07, 6.45) is 2.76. The highest BCUT2D eigenvalue weighted by molar-refractivity contribution is 6.38. The summed E-state index contributed by atoms with van der Waals surface area (Å²) in [5, 5.41) is 13.3. The Morgan fingerprint density at radius 1 is 1.20 bits per heavy atom. The van der Waals surface area contributed by atoms with E-state index in [-0.39, 0.29) is 52.5 Å². The highest BCUT2D eigenvalue weighted by Crippen LogP contribution is 2.46.